The number of halogens is 2. The summed E-state index contributed by atoms with van der Waals surface area (Å²) in [6, 6.07) is 2.56. The minimum atomic E-state index is -0.904. The summed E-state index contributed by atoms with van der Waals surface area (Å²) in [6.07, 6.45) is 1.74. The van der Waals surface area contributed by atoms with Crippen molar-refractivity contribution in [1.29, 1.82) is 0 Å². The van der Waals surface area contributed by atoms with E-state index in [2.05, 4.69) is 5.32 Å². The second kappa shape index (κ2) is 7.71. The van der Waals surface area contributed by atoms with Crippen LogP contribution in [0.3, 0.4) is 0 Å². The van der Waals surface area contributed by atoms with Crippen molar-refractivity contribution in [3.8, 4) is 0 Å². The first-order valence-corrected chi connectivity index (χ1v) is 6.80. The molecular weight excluding hydrogens is 280 g/mol. The number of carbonyl (C=O) groups is 2. The molecule has 1 aromatic rings. The summed E-state index contributed by atoms with van der Waals surface area (Å²) in [6.45, 7) is 3.38. The molecule has 4 nitrogen and oxygen atoms in total. The van der Waals surface area contributed by atoms with Crippen LogP contribution >= 0.6 is 0 Å². The Balaban J connectivity index is 2.45. The zero-order chi connectivity index (χ0) is 16.0. The largest absolute Gasteiger partial charge is 0.481 e. The molecule has 1 aromatic carbocycles. The molecule has 0 aliphatic rings. The highest BCUT2D eigenvalue weighted by Crippen LogP contribution is 2.12. The van der Waals surface area contributed by atoms with Crippen LogP contribution in [0.4, 0.5) is 8.78 Å². The first-order chi connectivity index (χ1) is 9.81. The van der Waals surface area contributed by atoms with Crippen LogP contribution in [0.2, 0.25) is 0 Å². The van der Waals surface area contributed by atoms with Crippen LogP contribution in [0, 0.1) is 17.6 Å². The Labute approximate surface area is 122 Å². The number of nitrogens with one attached hydrogen (secondary N) is 1. The molecule has 2 unspecified atom stereocenters. The van der Waals surface area contributed by atoms with Crippen LogP contribution in [-0.4, -0.2) is 23.0 Å². The maximum absolute atomic E-state index is 13.4. The molecule has 0 aliphatic carbocycles. The third-order valence-corrected chi connectivity index (χ3v) is 3.25. The summed E-state index contributed by atoms with van der Waals surface area (Å²) in [5.41, 5.74) is -0.206. The van der Waals surface area contributed by atoms with Crippen LogP contribution in [0.5, 0.6) is 0 Å². The fraction of sp³-hybridized carbons (Fsp3) is 0.467. The molecule has 0 heterocycles. The second-order valence-electron chi connectivity index (χ2n) is 5.17. The van der Waals surface area contributed by atoms with Crippen molar-refractivity contribution in [2.24, 2.45) is 5.92 Å². The number of aliphatic carboxylic acids is 1. The number of carbonyl (C=O) groups excluding carboxylic acids is 1. The van der Waals surface area contributed by atoms with Crippen molar-refractivity contribution in [1.82, 2.24) is 5.32 Å². The number of amides is 1. The van der Waals surface area contributed by atoms with E-state index in [1.807, 2.05) is 0 Å². The molecule has 0 aromatic heterocycles. The normalized spacial score (nSPS) is 13.5. The Morgan fingerprint density at radius 2 is 1.90 bits per heavy atom. The summed E-state index contributed by atoms with van der Waals surface area (Å²) in [4.78, 5) is 22.5. The summed E-state index contributed by atoms with van der Waals surface area (Å²) < 4.78 is 26.2. The Bertz CT molecular complexity index is 520. The lowest BCUT2D eigenvalue weighted by molar-refractivity contribution is -0.141. The lowest BCUT2D eigenvalue weighted by atomic mass is 10.0. The minimum Gasteiger partial charge on any atom is -0.481 e. The van der Waals surface area contributed by atoms with Gasteiger partial charge in [0, 0.05) is 12.1 Å². The van der Waals surface area contributed by atoms with Gasteiger partial charge in [0.15, 0.2) is 0 Å². The number of rotatable bonds is 7. The SMILES string of the molecule is CC(CCCC(C)C(=O)O)NC(=O)c1ccc(F)cc1F. The van der Waals surface area contributed by atoms with Gasteiger partial charge in [-0.25, -0.2) is 8.78 Å². The molecule has 0 spiro atoms. The molecule has 0 saturated heterocycles. The first kappa shape index (κ1) is 17.1. The Kier molecular flexibility index (Phi) is 6.27. The summed E-state index contributed by atoms with van der Waals surface area (Å²) >= 11 is 0. The van der Waals surface area contributed by atoms with Crippen molar-refractivity contribution in [2.75, 3.05) is 0 Å². The van der Waals surface area contributed by atoms with E-state index in [0.29, 0.717) is 25.3 Å². The van der Waals surface area contributed by atoms with E-state index in [0.717, 1.165) is 12.1 Å². The maximum Gasteiger partial charge on any atom is 0.306 e. The third-order valence-electron chi connectivity index (χ3n) is 3.25. The number of benzene rings is 1. The fourth-order valence-electron chi connectivity index (χ4n) is 1.90. The smallest absolute Gasteiger partial charge is 0.306 e. The fourth-order valence-corrected chi connectivity index (χ4v) is 1.90. The topological polar surface area (TPSA) is 66.4 Å². The molecule has 0 bridgehead atoms. The highest BCUT2D eigenvalue weighted by atomic mass is 19.1. The van der Waals surface area contributed by atoms with Crippen molar-refractivity contribution in [2.45, 2.75) is 39.2 Å². The van der Waals surface area contributed by atoms with Gasteiger partial charge in [-0.15, -0.1) is 0 Å². The average Bonchev–Trinajstić information content (AvgIpc) is 2.37. The number of carboxylic acids is 1. The van der Waals surface area contributed by atoms with Gasteiger partial charge in [0.25, 0.3) is 5.91 Å². The zero-order valence-corrected chi connectivity index (χ0v) is 12.0. The van der Waals surface area contributed by atoms with E-state index in [4.69, 9.17) is 5.11 Å². The molecule has 1 rings (SSSR count). The number of carboxylic acid groups (broad SMARTS) is 1. The van der Waals surface area contributed by atoms with E-state index < -0.39 is 29.4 Å². The maximum atomic E-state index is 13.4. The average molecular weight is 299 g/mol. The van der Waals surface area contributed by atoms with Crippen molar-refractivity contribution in [3.05, 3.63) is 35.4 Å². The second-order valence-corrected chi connectivity index (χ2v) is 5.17. The zero-order valence-electron chi connectivity index (χ0n) is 12.0. The van der Waals surface area contributed by atoms with Crippen LogP contribution < -0.4 is 5.32 Å². The van der Waals surface area contributed by atoms with Crippen molar-refractivity contribution < 1.29 is 23.5 Å². The Morgan fingerprint density at radius 3 is 2.48 bits per heavy atom. The number of hydrogen-bond donors (Lipinski definition) is 2. The Hall–Kier alpha value is -1.98. The van der Waals surface area contributed by atoms with Gasteiger partial charge in [-0.2, -0.15) is 0 Å². The monoisotopic (exact) mass is 299 g/mol. The standard InChI is InChI=1S/C15H19F2NO3/c1-9(15(20)21)4-3-5-10(2)18-14(19)12-7-6-11(16)8-13(12)17/h6-10H,3-5H2,1-2H3,(H,18,19)(H,20,21). The molecule has 0 radical (unpaired) electrons. The minimum absolute atomic E-state index is 0.206. The predicted molar refractivity (Wildman–Crippen MR) is 73.9 cm³/mol. The third kappa shape index (κ3) is 5.49. The summed E-state index contributed by atoms with van der Waals surface area (Å²) in [7, 11) is 0. The lowest BCUT2D eigenvalue weighted by Gasteiger charge is -2.15. The Morgan fingerprint density at radius 1 is 1.24 bits per heavy atom. The van der Waals surface area contributed by atoms with Crippen molar-refractivity contribution in [3.63, 3.8) is 0 Å². The molecule has 0 fully saturated rings. The molecule has 1 amide bonds. The van der Waals surface area contributed by atoms with Gasteiger partial charge in [0.2, 0.25) is 0 Å². The van der Waals surface area contributed by atoms with Gasteiger partial charge in [-0.05, 0) is 31.9 Å². The highest BCUT2D eigenvalue weighted by molar-refractivity contribution is 5.94. The number of hydrogen-bond acceptors (Lipinski definition) is 2. The molecule has 6 heteroatoms. The van der Waals surface area contributed by atoms with E-state index >= 15 is 0 Å². The lowest BCUT2D eigenvalue weighted by Crippen LogP contribution is -2.33. The first-order valence-electron chi connectivity index (χ1n) is 6.80. The molecule has 21 heavy (non-hydrogen) atoms. The van der Waals surface area contributed by atoms with E-state index in [9.17, 15) is 18.4 Å². The molecule has 0 aliphatic heterocycles. The van der Waals surface area contributed by atoms with Gasteiger partial charge in [0.1, 0.15) is 11.6 Å². The summed E-state index contributed by atoms with van der Waals surface area (Å²) in [5.74, 6) is -3.52. The molecule has 2 N–H and O–H groups in total. The molecule has 116 valence electrons. The van der Waals surface area contributed by atoms with Crippen LogP contribution in [0.15, 0.2) is 18.2 Å². The van der Waals surface area contributed by atoms with Gasteiger partial charge in [0.05, 0.1) is 11.5 Å². The van der Waals surface area contributed by atoms with E-state index in [-0.39, 0.29) is 11.6 Å². The van der Waals surface area contributed by atoms with E-state index in [1.54, 1.807) is 13.8 Å². The van der Waals surface area contributed by atoms with Crippen LogP contribution in [0.25, 0.3) is 0 Å². The van der Waals surface area contributed by atoms with Crippen LogP contribution in [0.1, 0.15) is 43.5 Å². The van der Waals surface area contributed by atoms with Crippen molar-refractivity contribution >= 4 is 11.9 Å². The molecule has 2 atom stereocenters. The van der Waals surface area contributed by atoms with Crippen LogP contribution in [-0.2, 0) is 4.79 Å². The quantitative estimate of drug-likeness (QED) is 0.813. The van der Waals surface area contributed by atoms with Gasteiger partial charge in [-0.3, -0.25) is 9.59 Å². The highest BCUT2D eigenvalue weighted by Gasteiger charge is 2.16. The molecular formula is C15H19F2NO3. The van der Waals surface area contributed by atoms with Gasteiger partial charge >= 0.3 is 5.97 Å². The van der Waals surface area contributed by atoms with Gasteiger partial charge in [-0.1, -0.05) is 13.3 Å². The van der Waals surface area contributed by atoms with Gasteiger partial charge < -0.3 is 10.4 Å². The van der Waals surface area contributed by atoms with E-state index in [1.165, 1.54) is 0 Å². The summed E-state index contributed by atoms with van der Waals surface area (Å²) in [5, 5.41) is 11.4. The predicted octanol–water partition coefficient (Wildman–Crippen LogP) is 2.97. The molecule has 0 saturated carbocycles.